The first-order chi connectivity index (χ1) is 9.25. The summed E-state index contributed by atoms with van der Waals surface area (Å²) in [5.74, 6) is -0.623. The molecule has 0 aliphatic rings. The van der Waals surface area contributed by atoms with Crippen molar-refractivity contribution in [3.63, 3.8) is 0 Å². The number of benzene rings is 1. The zero-order valence-electron chi connectivity index (χ0n) is 11.8. The van der Waals surface area contributed by atoms with E-state index < -0.39 is 15.8 Å². The number of hydrogen-bond acceptors (Lipinski definition) is 3. The van der Waals surface area contributed by atoms with Crippen molar-refractivity contribution in [1.29, 1.82) is 0 Å². The van der Waals surface area contributed by atoms with Crippen LogP contribution in [0.3, 0.4) is 0 Å². The molecule has 0 heterocycles. The Balaban J connectivity index is 3.29. The molecule has 20 heavy (non-hydrogen) atoms. The Morgan fingerprint density at radius 2 is 1.95 bits per heavy atom. The highest BCUT2D eigenvalue weighted by Gasteiger charge is 2.26. The molecule has 0 saturated carbocycles. The first-order valence-electron chi connectivity index (χ1n) is 6.33. The predicted octanol–water partition coefficient (Wildman–Crippen LogP) is 2.27. The van der Waals surface area contributed by atoms with Gasteiger partial charge in [-0.25, -0.2) is 12.8 Å². The molecule has 0 aliphatic carbocycles. The molecule has 7 heteroatoms. The molecule has 4 nitrogen and oxygen atoms in total. The highest BCUT2D eigenvalue weighted by atomic mass is 32.2. The molecule has 112 valence electrons. The van der Waals surface area contributed by atoms with Gasteiger partial charge in [0.15, 0.2) is 0 Å². The lowest BCUT2D eigenvalue weighted by molar-refractivity contribution is 0.349. The lowest BCUT2D eigenvalue weighted by atomic mass is 10.2. The van der Waals surface area contributed by atoms with E-state index in [1.807, 2.05) is 13.8 Å². The summed E-state index contributed by atoms with van der Waals surface area (Å²) in [6.45, 7) is 3.84. The van der Waals surface area contributed by atoms with Crippen LogP contribution in [-0.2, 0) is 10.0 Å². The van der Waals surface area contributed by atoms with Gasteiger partial charge in [0, 0.05) is 18.7 Å². The quantitative estimate of drug-likeness (QED) is 0.817. The van der Waals surface area contributed by atoms with E-state index in [1.165, 1.54) is 23.5 Å². The first kappa shape index (κ1) is 17.0. The van der Waals surface area contributed by atoms with Crippen LogP contribution in [0.5, 0.6) is 0 Å². The molecule has 1 rings (SSSR count). The van der Waals surface area contributed by atoms with Gasteiger partial charge in [-0.15, -0.1) is 0 Å². The Kier molecular flexibility index (Phi) is 5.61. The van der Waals surface area contributed by atoms with Crippen molar-refractivity contribution < 1.29 is 12.8 Å². The van der Waals surface area contributed by atoms with E-state index in [0.717, 1.165) is 6.07 Å². The molecule has 0 atom stereocenters. The molecule has 1 aromatic rings. The van der Waals surface area contributed by atoms with E-state index in [9.17, 15) is 12.8 Å². The summed E-state index contributed by atoms with van der Waals surface area (Å²) >= 11 is 4.72. The third-order valence-electron chi connectivity index (χ3n) is 3.34. The van der Waals surface area contributed by atoms with Gasteiger partial charge in [0.2, 0.25) is 10.0 Å². The molecule has 0 radical (unpaired) electrons. The third kappa shape index (κ3) is 3.34. The molecule has 0 saturated heterocycles. The second-order valence-electron chi connectivity index (χ2n) is 4.50. The molecule has 0 amide bonds. The van der Waals surface area contributed by atoms with Gasteiger partial charge in [-0.1, -0.05) is 26.1 Å². The lowest BCUT2D eigenvalue weighted by Crippen LogP contribution is -2.36. The third-order valence-corrected chi connectivity index (χ3v) is 5.46. The monoisotopic (exact) mass is 318 g/mol. The predicted molar refractivity (Wildman–Crippen MR) is 81.6 cm³/mol. The largest absolute Gasteiger partial charge is 0.389 e. The smallest absolute Gasteiger partial charge is 0.243 e. The number of nitrogens with two attached hydrogens (primary N) is 1. The standard InChI is InChI=1S/C13H19FN2O2S2/c1-4-9(5-2)16(3)20(17,18)10-6-7-12(14)11(8-10)13(15)19/h6-9H,4-5H2,1-3H3,(H2,15,19). The zero-order chi connectivity index (χ0) is 15.5. The molecule has 1 aromatic carbocycles. The fraction of sp³-hybridized carbons (Fsp3) is 0.462. The van der Waals surface area contributed by atoms with E-state index in [2.05, 4.69) is 0 Å². The number of hydrogen-bond donors (Lipinski definition) is 1. The number of sulfonamides is 1. The Morgan fingerprint density at radius 1 is 1.40 bits per heavy atom. The summed E-state index contributed by atoms with van der Waals surface area (Å²) in [6.07, 6.45) is 1.41. The average molecular weight is 318 g/mol. The molecular weight excluding hydrogens is 299 g/mol. The fourth-order valence-electron chi connectivity index (χ4n) is 2.02. The van der Waals surface area contributed by atoms with Gasteiger partial charge >= 0.3 is 0 Å². The SMILES string of the molecule is CCC(CC)N(C)S(=O)(=O)c1ccc(F)c(C(N)=S)c1. The summed E-state index contributed by atoms with van der Waals surface area (Å²) in [7, 11) is -2.16. The van der Waals surface area contributed by atoms with Gasteiger partial charge in [0.25, 0.3) is 0 Å². The number of halogens is 1. The van der Waals surface area contributed by atoms with Crippen LogP contribution >= 0.6 is 12.2 Å². The highest BCUT2D eigenvalue weighted by Crippen LogP contribution is 2.21. The van der Waals surface area contributed by atoms with Crippen molar-refractivity contribution in [2.45, 2.75) is 37.6 Å². The Bertz CT molecular complexity index is 598. The van der Waals surface area contributed by atoms with Gasteiger partial charge in [-0.2, -0.15) is 4.31 Å². The Hall–Kier alpha value is -1.05. The molecule has 0 spiro atoms. The fourth-order valence-corrected chi connectivity index (χ4v) is 3.71. The van der Waals surface area contributed by atoms with Gasteiger partial charge in [0.1, 0.15) is 10.8 Å². The van der Waals surface area contributed by atoms with Crippen molar-refractivity contribution in [3.05, 3.63) is 29.6 Å². The van der Waals surface area contributed by atoms with E-state index in [1.54, 1.807) is 0 Å². The van der Waals surface area contributed by atoms with Gasteiger partial charge in [-0.3, -0.25) is 0 Å². The van der Waals surface area contributed by atoms with E-state index in [0.29, 0.717) is 12.8 Å². The minimum atomic E-state index is -3.68. The van der Waals surface area contributed by atoms with Crippen LogP contribution in [0.2, 0.25) is 0 Å². The summed E-state index contributed by atoms with van der Waals surface area (Å²) in [5, 5.41) is 0. The first-order valence-corrected chi connectivity index (χ1v) is 8.17. The molecule has 0 aliphatic heterocycles. The van der Waals surface area contributed by atoms with E-state index in [-0.39, 0.29) is 21.5 Å². The van der Waals surface area contributed by atoms with Crippen LogP contribution in [0.15, 0.2) is 23.1 Å². The summed E-state index contributed by atoms with van der Waals surface area (Å²) < 4.78 is 39.8. The van der Waals surface area contributed by atoms with Crippen LogP contribution in [0.4, 0.5) is 4.39 Å². The molecule has 2 N–H and O–H groups in total. The lowest BCUT2D eigenvalue weighted by Gasteiger charge is -2.25. The van der Waals surface area contributed by atoms with E-state index in [4.69, 9.17) is 18.0 Å². The van der Waals surface area contributed by atoms with Crippen LogP contribution in [0.1, 0.15) is 32.3 Å². The molecule has 0 unspecified atom stereocenters. The van der Waals surface area contributed by atoms with Gasteiger partial charge < -0.3 is 5.73 Å². The minimum Gasteiger partial charge on any atom is -0.389 e. The highest BCUT2D eigenvalue weighted by molar-refractivity contribution is 7.89. The summed E-state index contributed by atoms with van der Waals surface area (Å²) in [5.41, 5.74) is 5.34. The van der Waals surface area contributed by atoms with Crippen molar-refractivity contribution in [2.75, 3.05) is 7.05 Å². The minimum absolute atomic E-state index is 0.00361. The number of thiocarbonyl (C=S) groups is 1. The van der Waals surface area contributed by atoms with Crippen molar-refractivity contribution in [3.8, 4) is 0 Å². The number of nitrogens with zero attached hydrogens (tertiary/aromatic N) is 1. The maximum absolute atomic E-state index is 13.5. The zero-order valence-corrected chi connectivity index (χ0v) is 13.4. The van der Waals surface area contributed by atoms with Crippen molar-refractivity contribution >= 4 is 27.2 Å². The maximum Gasteiger partial charge on any atom is 0.243 e. The topological polar surface area (TPSA) is 63.4 Å². The Labute approximate surface area is 124 Å². The molecule has 0 fully saturated rings. The van der Waals surface area contributed by atoms with Crippen molar-refractivity contribution in [2.24, 2.45) is 5.73 Å². The van der Waals surface area contributed by atoms with Crippen LogP contribution in [0, 0.1) is 5.82 Å². The molecular formula is C13H19FN2O2S2. The second-order valence-corrected chi connectivity index (χ2v) is 6.93. The number of rotatable bonds is 6. The normalized spacial score (nSPS) is 12.1. The second kappa shape index (κ2) is 6.60. The van der Waals surface area contributed by atoms with Crippen LogP contribution in [-0.4, -0.2) is 30.8 Å². The summed E-state index contributed by atoms with van der Waals surface area (Å²) in [4.78, 5) is -0.166. The summed E-state index contributed by atoms with van der Waals surface area (Å²) in [6, 6.07) is 3.39. The average Bonchev–Trinajstić information content (AvgIpc) is 2.39. The van der Waals surface area contributed by atoms with Gasteiger partial charge in [-0.05, 0) is 31.0 Å². The van der Waals surface area contributed by atoms with Gasteiger partial charge in [0.05, 0.1) is 4.90 Å². The molecule has 0 bridgehead atoms. The van der Waals surface area contributed by atoms with Crippen molar-refractivity contribution in [1.82, 2.24) is 4.31 Å². The van der Waals surface area contributed by atoms with Crippen LogP contribution in [0.25, 0.3) is 0 Å². The van der Waals surface area contributed by atoms with E-state index >= 15 is 0 Å². The van der Waals surface area contributed by atoms with Crippen LogP contribution < -0.4 is 5.73 Å². The molecule has 0 aromatic heterocycles. The Morgan fingerprint density at radius 3 is 2.40 bits per heavy atom. The maximum atomic E-state index is 13.5.